The molecule has 4 heteroatoms. The molecule has 0 aliphatic heterocycles. The highest BCUT2D eigenvalue weighted by atomic mass is 16.1. The number of amides is 1. The molecule has 0 unspecified atom stereocenters. The predicted molar refractivity (Wildman–Crippen MR) is 44.2 cm³/mol. The van der Waals surface area contributed by atoms with Crippen LogP contribution in [0.15, 0.2) is 18.2 Å². The van der Waals surface area contributed by atoms with Crippen LogP contribution in [0.5, 0.6) is 0 Å². The summed E-state index contributed by atoms with van der Waals surface area (Å²) in [6.07, 6.45) is 1.57. The number of primary amides is 1. The van der Waals surface area contributed by atoms with Crippen molar-refractivity contribution < 1.29 is 9.59 Å². The van der Waals surface area contributed by atoms with Gasteiger partial charge in [-0.1, -0.05) is 6.07 Å². The van der Waals surface area contributed by atoms with Gasteiger partial charge >= 0.3 is 0 Å². The summed E-state index contributed by atoms with van der Waals surface area (Å²) in [5.74, 6) is -0.680. The van der Waals surface area contributed by atoms with Gasteiger partial charge in [-0.2, -0.15) is 0 Å². The smallest absolute Gasteiger partial charge is 0.249 e. The van der Waals surface area contributed by atoms with E-state index in [0.29, 0.717) is 0 Å². The number of benzene rings is 1. The van der Waals surface area contributed by atoms with Crippen LogP contribution in [0.4, 0.5) is 5.69 Å². The second-order valence-corrected chi connectivity index (χ2v) is 2.24. The lowest BCUT2D eigenvalue weighted by Gasteiger charge is -2.01. The standard InChI is InChI=1S/C8H7N2O2/c9-7-3-1-2-5(8(10)12)6(7)4-11/h1-3H,9H2,(H2,10,12). The molecule has 0 saturated carbocycles. The summed E-state index contributed by atoms with van der Waals surface area (Å²) in [6.45, 7) is 0. The molecule has 0 fully saturated rings. The van der Waals surface area contributed by atoms with E-state index >= 15 is 0 Å². The molecule has 0 spiro atoms. The Balaban J connectivity index is 3.37. The van der Waals surface area contributed by atoms with Crippen LogP contribution in [-0.4, -0.2) is 12.2 Å². The molecule has 0 aliphatic rings. The molecule has 1 rings (SSSR count). The zero-order valence-corrected chi connectivity index (χ0v) is 6.20. The van der Waals surface area contributed by atoms with E-state index in [1.807, 2.05) is 0 Å². The fourth-order valence-corrected chi connectivity index (χ4v) is 0.889. The molecule has 1 aromatic carbocycles. The van der Waals surface area contributed by atoms with Crippen LogP contribution in [-0.2, 0) is 4.79 Å². The maximum absolute atomic E-state index is 10.7. The van der Waals surface area contributed by atoms with E-state index in [1.54, 1.807) is 12.4 Å². The summed E-state index contributed by atoms with van der Waals surface area (Å²) in [6, 6.07) is 4.49. The molecule has 0 saturated heterocycles. The van der Waals surface area contributed by atoms with Crippen LogP contribution in [0.1, 0.15) is 15.9 Å². The third kappa shape index (κ3) is 1.27. The Hall–Kier alpha value is -1.84. The van der Waals surface area contributed by atoms with Gasteiger partial charge in [-0.05, 0) is 12.1 Å². The molecule has 0 bridgehead atoms. The van der Waals surface area contributed by atoms with E-state index in [-0.39, 0.29) is 16.8 Å². The Morgan fingerprint density at radius 1 is 1.42 bits per heavy atom. The van der Waals surface area contributed by atoms with E-state index < -0.39 is 5.91 Å². The quantitative estimate of drug-likeness (QED) is 0.593. The molecular weight excluding hydrogens is 156 g/mol. The van der Waals surface area contributed by atoms with Crippen LogP contribution in [0.25, 0.3) is 0 Å². The highest BCUT2D eigenvalue weighted by Gasteiger charge is 2.09. The second-order valence-electron chi connectivity index (χ2n) is 2.24. The third-order valence-electron chi connectivity index (χ3n) is 1.46. The summed E-state index contributed by atoms with van der Waals surface area (Å²) >= 11 is 0. The maximum Gasteiger partial charge on any atom is 0.249 e. The average molecular weight is 163 g/mol. The third-order valence-corrected chi connectivity index (χ3v) is 1.46. The van der Waals surface area contributed by atoms with Gasteiger partial charge in [0.15, 0.2) is 0 Å². The van der Waals surface area contributed by atoms with Gasteiger partial charge < -0.3 is 11.5 Å². The van der Waals surface area contributed by atoms with Crippen LogP contribution in [0.2, 0.25) is 0 Å². The normalized spacial score (nSPS) is 9.33. The van der Waals surface area contributed by atoms with Crippen molar-refractivity contribution in [3.05, 3.63) is 29.3 Å². The molecule has 1 amide bonds. The van der Waals surface area contributed by atoms with Gasteiger partial charge in [0.05, 0.1) is 11.1 Å². The number of rotatable bonds is 2. The number of anilines is 1. The monoisotopic (exact) mass is 163 g/mol. The summed E-state index contributed by atoms with van der Waals surface area (Å²) in [5.41, 5.74) is 10.7. The fourth-order valence-electron chi connectivity index (χ4n) is 0.889. The first-order valence-corrected chi connectivity index (χ1v) is 3.23. The summed E-state index contributed by atoms with van der Waals surface area (Å²) in [7, 11) is 0. The molecule has 4 N–H and O–H groups in total. The fraction of sp³-hybridized carbons (Fsp3) is 0. The molecule has 0 aromatic heterocycles. The van der Waals surface area contributed by atoms with Gasteiger partial charge in [-0.3, -0.25) is 9.59 Å². The molecule has 1 aromatic rings. The molecule has 0 heterocycles. The van der Waals surface area contributed by atoms with Gasteiger partial charge in [-0.25, -0.2) is 0 Å². The van der Waals surface area contributed by atoms with E-state index in [0.717, 1.165) is 0 Å². The van der Waals surface area contributed by atoms with Crippen molar-refractivity contribution in [1.82, 2.24) is 0 Å². The van der Waals surface area contributed by atoms with Crippen LogP contribution >= 0.6 is 0 Å². The van der Waals surface area contributed by atoms with Gasteiger partial charge in [0.2, 0.25) is 12.2 Å². The Labute approximate surface area is 69.2 Å². The number of nitrogen functional groups attached to an aromatic ring is 1. The zero-order valence-electron chi connectivity index (χ0n) is 6.20. The number of hydrogen-bond donors (Lipinski definition) is 2. The summed E-state index contributed by atoms with van der Waals surface area (Å²) < 4.78 is 0. The molecule has 1 radical (unpaired) electrons. The Kier molecular flexibility index (Phi) is 2.09. The predicted octanol–water partition coefficient (Wildman–Crippen LogP) is -0.174. The first-order chi connectivity index (χ1) is 5.66. The van der Waals surface area contributed by atoms with Crippen molar-refractivity contribution in [3.8, 4) is 0 Å². The molecule has 4 nitrogen and oxygen atoms in total. The van der Waals surface area contributed by atoms with Crippen molar-refractivity contribution in [1.29, 1.82) is 0 Å². The van der Waals surface area contributed by atoms with Crippen molar-refractivity contribution >= 4 is 17.9 Å². The molecule has 0 atom stereocenters. The summed E-state index contributed by atoms with van der Waals surface area (Å²) in [4.78, 5) is 21.1. The number of carbonyl (C=O) groups excluding carboxylic acids is 2. The highest BCUT2D eigenvalue weighted by Crippen LogP contribution is 2.13. The maximum atomic E-state index is 10.7. The Morgan fingerprint density at radius 2 is 2.08 bits per heavy atom. The van der Waals surface area contributed by atoms with E-state index in [1.165, 1.54) is 12.1 Å². The highest BCUT2D eigenvalue weighted by molar-refractivity contribution is 6.03. The number of nitrogens with two attached hydrogens (primary N) is 2. The Bertz CT molecular complexity index is 334. The van der Waals surface area contributed by atoms with Crippen molar-refractivity contribution in [2.75, 3.05) is 5.73 Å². The van der Waals surface area contributed by atoms with E-state index in [4.69, 9.17) is 11.5 Å². The lowest BCUT2D eigenvalue weighted by molar-refractivity contribution is 0.1000. The first-order valence-electron chi connectivity index (χ1n) is 3.23. The molecule has 12 heavy (non-hydrogen) atoms. The molecular formula is C8H7N2O2. The van der Waals surface area contributed by atoms with Crippen LogP contribution in [0.3, 0.4) is 0 Å². The van der Waals surface area contributed by atoms with Crippen molar-refractivity contribution in [3.63, 3.8) is 0 Å². The second kappa shape index (κ2) is 3.04. The topological polar surface area (TPSA) is 86.2 Å². The zero-order chi connectivity index (χ0) is 9.14. The van der Waals surface area contributed by atoms with Crippen molar-refractivity contribution in [2.45, 2.75) is 0 Å². The van der Waals surface area contributed by atoms with E-state index in [9.17, 15) is 9.59 Å². The van der Waals surface area contributed by atoms with Gasteiger partial charge in [-0.15, -0.1) is 0 Å². The van der Waals surface area contributed by atoms with Crippen molar-refractivity contribution in [2.24, 2.45) is 5.73 Å². The minimum atomic E-state index is -0.680. The van der Waals surface area contributed by atoms with Gasteiger partial charge in [0.25, 0.3) is 0 Å². The minimum Gasteiger partial charge on any atom is -0.398 e. The lowest BCUT2D eigenvalue weighted by atomic mass is 10.1. The number of carbonyl (C=O) groups is 1. The van der Waals surface area contributed by atoms with Gasteiger partial charge in [0.1, 0.15) is 0 Å². The van der Waals surface area contributed by atoms with Gasteiger partial charge in [0, 0.05) is 5.69 Å². The minimum absolute atomic E-state index is 0.0324. The first kappa shape index (κ1) is 8.26. The average Bonchev–Trinajstić information content (AvgIpc) is 2.03. The summed E-state index contributed by atoms with van der Waals surface area (Å²) in [5, 5.41) is 0. The molecule has 61 valence electrons. The molecule has 0 aliphatic carbocycles. The largest absolute Gasteiger partial charge is 0.398 e. The lowest BCUT2D eigenvalue weighted by Crippen LogP contribution is -2.14. The Morgan fingerprint density at radius 3 is 2.50 bits per heavy atom. The van der Waals surface area contributed by atoms with E-state index in [2.05, 4.69) is 0 Å². The SMILES string of the molecule is NC(=O)c1cccc(N)c1[C]=O. The number of hydrogen-bond acceptors (Lipinski definition) is 3. The van der Waals surface area contributed by atoms with Crippen LogP contribution < -0.4 is 11.5 Å². The van der Waals surface area contributed by atoms with Crippen LogP contribution in [0, 0.1) is 0 Å².